The first-order chi connectivity index (χ1) is 13.2. The van der Waals surface area contributed by atoms with Gasteiger partial charge in [-0.15, -0.1) is 0 Å². The maximum Gasteiger partial charge on any atom is 0.234 e. The van der Waals surface area contributed by atoms with E-state index in [1.807, 2.05) is 29.2 Å². The van der Waals surface area contributed by atoms with Crippen LogP contribution in [0.2, 0.25) is 0 Å². The molecule has 2 heterocycles. The van der Waals surface area contributed by atoms with Crippen molar-refractivity contribution in [3.8, 4) is 5.75 Å². The van der Waals surface area contributed by atoms with E-state index in [0.29, 0.717) is 25.4 Å². The molecule has 0 aliphatic rings. The fourth-order valence-corrected chi connectivity index (χ4v) is 2.59. The van der Waals surface area contributed by atoms with Crippen LogP contribution < -0.4 is 10.1 Å². The molecule has 0 aliphatic carbocycles. The van der Waals surface area contributed by atoms with Crippen molar-refractivity contribution >= 4 is 5.91 Å². The van der Waals surface area contributed by atoms with Crippen LogP contribution in [0.5, 0.6) is 5.75 Å². The molecule has 6 nitrogen and oxygen atoms in total. The number of ether oxygens (including phenoxy) is 1. The minimum absolute atomic E-state index is 0.143. The molecule has 0 fully saturated rings. The molecule has 1 aromatic carbocycles. The van der Waals surface area contributed by atoms with Gasteiger partial charge in [-0.1, -0.05) is 6.07 Å². The Balaban J connectivity index is 1.45. The minimum Gasteiger partial charge on any atom is -0.492 e. The summed E-state index contributed by atoms with van der Waals surface area (Å²) in [6, 6.07) is 13.2. The lowest BCUT2D eigenvalue weighted by Gasteiger charge is -2.19. The maximum atomic E-state index is 13.1. The lowest BCUT2D eigenvalue weighted by molar-refractivity contribution is -0.122. The van der Waals surface area contributed by atoms with E-state index in [4.69, 9.17) is 13.6 Å². The fraction of sp³-hybridized carbons (Fsp3) is 0.250. The van der Waals surface area contributed by atoms with Crippen LogP contribution in [-0.2, 0) is 17.9 Å². The number of nitrogens with zero attached hydrogens (tertiary/aromatic N) is 1. The van der Waals surface area contributed by atoms with Gasteiger partial charge in [0.2, 0.25) is 5.91 Å². The van der Waals surface area contributed by atoms with Gasteiger partial charge in [-0.2, -0.15) is 0 Å². The predicted molar refractivity (Wildman–Crippen MR) is 96.4 cm³/mol. The molecule has 0 aliphatic heterocycles. The first-order valence-electron chi connectivity index (χ1n) is 8.61. The lowest BCUT2D eigenvalue weighted by atomic mass is 10.3. The number of carbonyl (C=O) groups is 1. The molecule has 7 heteroatoms. The number of amides is 1. The molecule has 0 atom stereocenters. The summed E-state index contributed by atoms with van der Waals surface area (Å²) >= 11 is 0. The van der Waals surface area contributed by atoms with Gasteiger partial charge in [0.25, 0.3) is 0 Å². The number of halogens is 1. The van der Waals surface area contributed by atoms with Crippen LogP contribution in [0.1, 0.15) is 11.5 Å². The van der Waals surface area contributed by atoms with Gasteiger partial charge in [-0.25, -0.2) is 4.39 Å². The molecule has 2 aromatic heterocycles. The van der Waals surface area contributed by atoms with Crippen molar-refractivity contribution in [1.29, 1.82) is 0 Å². The third-order valence-electron chi connectivity index (χ3n) is 3.78. The Kier molecular flexibility index (Phi) is 6.65. The standard InChI is InChI=1S/C20H21FN2O4/c21-16-4-1-5-17(12-16)27-11-8-22-20(24)15-23(13-18-6-2-9-25-18)14-19-7-3-10-26-19/h1-7,9-10,12H,8,11,13-15H2,(H,22,24). The summed E-state index contributed by atoms with van der Waals surface area (Å²) in [6.45, 7) is 1.74. The number of furan rings is 2. The second kappa shape index (κ2) is 9.59. The van der Waals surface area contributed by atoms with E-state index in [-0.39, 0.29) is 24.9 Å². The molecule has 0 spiro atoms. The Morgan fingerprint density at radius 2 is 1.74 bits per heavy atom. The van der Waals surface area contributed by atoms with Crippen LogP contribution in [-0.4, -0.2) is 30.5 Å². The van der Waals surface area contributed by atoms with Crippen molar-refractivity contribution in [2.45, 2.75) is 13.1 Å². The second-order valence-corrected chi connectivity index (χ2v) is 5.96. The summed E-state index contributed by atoms with van der Waals surface area (Å²) in [7, 11) is 0. The van der Waals surface area contributed by atoms with Gasteiger partial charge in [0.05, 0.1) is 38.7 Å². The monoisotopic (exact) mass is 372 g/mol. The Hall–Kier alpha value is -3.06. The molecule has 142 valence electrons. The molecular formula is C20H21FN2O4. The fourth-order valence-electron chi connectivity index (χ4n) is 2.59. The summed E-state index contributed by atoms with van der Waals surface area (Å²) in [5.74, 6) is 1.47. The second-order valence-electron chi connectivity index (χ2n) is 5.96. The third kappa shape index (κ3) is 6.31. The van der Waals surface area contributed by atoms with Crippen LogP contribution >= 0.6 is 0 Å². The highest BCUT2D eigenvalue weighted by atomic mass is 19.1. The van der Waals surface area contributed by atoms with Gasteiger partial charge < -0.3 is 18.9 Å². The van der Waals surface area contributed by atoms with Crippen molar-refractivity contribution < 1.29 is 22.8 Å². The van der Waals surface area contributed by atoms with Crippen molar-refractivity contribution in [3.63, 3.8) is 0 Å². The van der Waals surface area contributed by atoms with Crippen molar-refractivity contribution in [3.05, 3.63) is 78.4 Å². The largest absolute Gasteiger partial charge is 0.492 e. The van der Waals surface area contributed by atoms with Crippen LogP contribution in [0.3, 0.4) is 0 Å². The van der Waals surface area contributed by atoms with Gasteiger partial charge in [-0.05, 0) is 36.4 Å². The van der Waals surface area contributed by atoms with Crippen LogP contribution in [0.15, 0.2) is 69.9 Å². The Labute approximate surface area is 156 Å². The molecule has 0 saturated carbocycles. The number of carbonyl (C=O) groups excluding carboxylic acids is 1. The molecular weight excluding hydrogens is 351 g/mol. The zero-order valence-electron chi connectivity index (χ0n) is 14.8. The van der Waals surface area contributed by atoms with Crippen LogP contribution in [0.4, 0.5) is 4.39 Å². The zero-order chi connectivity index (χ0) is 18.9. The summed E-state index contributed by atoms with van der Waals surface area (Å²) < 4.78 is 29.2. The highest BCUT2D eigenvalue weighted by molar-refractivity contribution is 5.77. The van der Waals surface area contributed by atoms with Crippen LogP contribution in [0, 0.1) is 5.82 Å². The van der Waals surface area contributed by atoms with Crippen molar-refractivity contribution in [1.82, 2.24) is 10.2 Å². The van der Waals surface area contributed by atoms with Crippen molar-refractivity contribution in [2.75, 3.05) is 19.7 Å². The number of nitrogens with one attached hydrogen (secondary N) is 1. The molecule has 0 unspecified atom stereocenters. The molecule has 1 N–H and O–H groups in total. The van der Waals surface area contributed by atoms with Crippen molar-refractivity contribution in [2.24, 2.45) is 0 Å². The summed E-state index contributed by atoms with van der Waals surface area (Å²) in [5.41, 5.74) is 0. The van der Waals surface area contributed by atoms with E-state index >= 15 is 0 Å². The molecule has 3 rings (SSSR count). The van der Waals surface area contributed by atoms with E-state index in [0.717, 1.165) is 11.5 Å². The van der Waals surface area contributed by atoms with E-state index < -0.39 is 0 Å². The molecule has 0 bridgehead atoms. The van der Waals surface area contributed by atoms with E-state index in [9.17, 15) is 9.18 Å². The number of benzene rings is 1. The topological polar surface area (TPSA) is 67.9 Å². The minimum atomic E-state index is -0.358. The van der Waals surface area contributed by atoms with Gasteiger partial charge in [0.1, 0.15) is 29.7 Å². The summed E-state index contributed by atoms with van der Waals surface area (Å²) in [6.07, 6.45) is 3.20. The summed E-state index contributed by atoms with van der Waals surface area (Å²) in [5, 5.41) is 2.80. The number of hydrogen-bond donors (Lipinski definition) is 1. The summed E-state index contributed by atoms with van der Waals surface area (Å²) in [4.78, 5) is 14.2. The average Bonchev–Trinajstić information content (AvgIpc) is 3.33. The van der Waals surface area contributed by atoms with E-state index in [1.54, 1.807) is 24.7 Å². The Morgan fingerprint density at radius 3 is 2.33 bits per heavy atom. The Bertz CT molecular complexity index is 782. The predicted octanol–water partition coefficient (Wildman–Crippen LogP) is 3.21. The molecule has 0 saturated heterocycles. The van der Waals surface area contributed by atoms with E-state index in [2.05, 4.69) is 5.32 Å². The van der Waals surface area contributed by atoms with Crippen LogP contribution in [0.25, 0.3) is 0 Å². The highest BCUT2D eigenvalue weighted by Crippen LogP contribution is 2.12. The van der Waals surface area contributed by atoms with E-state index in [1.165, 1.54) is 12.1 Å². The first-order valence-corrected chi connectivity index (χ1v) is 8.61. The number of hydrogen-bond acceptors (Lipinski definition) is 5. The zero-order valence-corrected chi connectivity index (χ0v) is 14.8. The van der Waals surface area contributed by atoms with Gasteiger partial charge in [-0.3, -0.25) is 9.69 Å². The van der Waals surface area contributed by atoms with Gasteiger partial charge in [0.15, 0.2) is 0 Å². The molecule has 27 heavy (non-hydrogen) atoms. The average molecular weight is 372 g/mol. The van der Waals surface area contributed by atoms with Gasteiger partial charge >= 0.3 is 0 Å². The first kappa shape index (κ1) is 18.7. The lowest BCUT2D eigenvalue weighted by Crippen LogP contribution is -2.38. The smallest absolute Gasteiger partial charge is 0.234 e. The molecule has 0 radical (unpaired) electrons. The highest BCUT2D eigenvalue weighted by Gasteiger charge is 2.14. The maximum absolute atomic E-state index is 13.1. The number of rotatable bonds is 10. The quantitative estimate of drug-likeness (QED) is 0.554. The third-order valence-corrected chi connectivity index (χ3v) is 3.78. The SMILES string of the molecule is O=C(CN(Cc1ccco1)Cc1ccco1)NCCOc1cccc(F)c1. The molecule has 1 amide bonds. The Morgan fingerprint density at radius 1 is 1.04 bits per heavy atom. The molecule has 3 aromatic rings. The normalized spacial score (nSPS) is 10.9. The van der Waals surface area contributed by atoms with Gasteiger partial charge in [0, 0.05) is 6.07 Å².